The molecule has 0 spiro atoms. The SMILES string of the molecule is O=C(NCl)N(C(=O)c1c(F)cc(F)cc1F)c1ccc(C(F)(F)F)cc1F. The number of alkyl halides is 3. The number of carbonyl (C=O) groups excluding carboxylic acids is 2. The molecule has 0 aliphatic rings. The number of rotatable bonds is 2. The van der Waals surface area contributed by atoms with Crippen molar-refractivity contribution < 1.29 is 40.3 Å². The van der Waals surface area contributed by atoms with E-state index in [1.54, 1.807) is 0 Å². The van der Waals surface area contributed by atoms with E-state index in [1.807, 2.05) is 0 Å². The number of urea groups is 1. The fourth-order valence-corrected chi connectivity index (χ4v) is 2.16. The zero-order chi connectivity index (χ0) is 20.5. The number of carbonyl (C=O) groups is 2. The molecule has 0 atom stereocenters. The minimum Gasteiger partial charge on any atom is -0.268 e. The van der Waals surface area contributed by atoms with Gasteiger partial charge in [-0.1, -0.05) is 0 Å². The Morgan fingerprint density at radius 1 is 0.926 bits per heavy atom. The van der Waals surface area contributed by atoms with Gasteiger partial charge < -0.3 is 0 Å². The number of nitrogens with one attached hydrogen (secondary N) is 1. The number of anilines is 1. The van der Waals surface area contributed by atoms with Crippen molar-refractivity contribution in [1.82, 2.24) is 4.84 Å². The van der Waals surface area contributed by atoms with Gasteiger partial charge in [0.05, 0.1) is 11.3 Å². The van der Waals surface area contributed by atoms with Crippen molar-refractivity contribution in [2.75, 3.05) is 4.90 Å². The molecule has 0 aromatic heterocycles. The zero-order valence-corrected chi connectivity index (χ0v) is 13.4. The largest absolute Gasteiger partial charge is 0.416 e. The highest BCUT2D eigenvalue weighted by Gasteiger charge is 2.35. The molecule has 12 heteroatoms. The van der Waals surface area contributed by atoms with E-state index >= 15 is 0 Å². The third-order valence-electron chi connectivity index (χ3n) is 3.22. The van der Waals surface area contributed by atoms with Crippen LogP contribution in [0.2, 0.25) is 0 Å². The minimum atomic E-state index is -4.93. The lowest BCUT2D eigenvalue weighted by atomic mass is 10.1. The Hall–Kier alpha value is -2.82. The number of nitrogens with zero attached hydrogens (tertiary/aromatic N) is 1. The monoisotopic (exact) mass is 414 g/mol. The molecule has 144 valence electrons. The number of halogens is 8. The Kier molecular flexibility index (Phi) is 5.64. The van der Waals surface area contributed by atoms with E-state index in [9.17, 15) is 40.3 Å². The summed E-state index contributed by atoms with van der Waals surface area (Å²) in [5, 5.41) is 0. The maximum absolute atomic E-state index is 14.1. The molecule has 2 rings (SSSR count). The molecule has 0 saturated heterocycles. The van der Waals surface area contributed by atoms with Gasteiger partial charge >= 0.3 is 12.2 Å². The van der Waals surface area contributed by atoms with Crippen LogP contribution in [0.4, 0.5) is 41.2 Å². The Morgan fingerprint density at radius 3 is 1.93 bits per heavy atom. The molecule has 0 heterocycles. The van der Waals surface area contributed by atoms with Crippen LogP contribution in [0.5, 0.6) is 0 Å². The Labute approximate surface area is 151 Å². The fourth-order valence-electron chi connectivity index (χ4n) is 2.08. The van der Waals surface area contributed by atoms with E-state index in [0.717, 1.165) is 0 Å². The van der Waals surface area contributed by atoms with Crippen molar-refractivity contribution in [3.8, 4) is 0 Å². The predicted molar refractivity (Wildman–Crippen MR) is 78.9 cm³/mol. The summed E-state index contributed by atoms with van der Waals surface area (Å²) in [6, 6.07) is -0.691. The van der Waals surface area contributed by atoms with Gasteiger partial charge in [0, 0.05) is 23.9 Å². The molecule has 0 aliphatic heterocycles. The molecule has 0 aliphatic carbocycles. The van der Waals surface area contributed by atoms with E-state index in [4.69, 9.17) is 11.8 Å². The van der Waals surface area contributed by atoms with Crippen LogP contribution < -0.4 is 9.74 Å². The number of imide groups is 1. The second-order valence-corrected chi connectivity index (χ2v) is 5.14. The first kappa shape index (κ1) is 20.5. The van der Waals surface area contributed by atoms with Gasteiger partial charge in [-0.3, -0.25) is 4.79 Å². The highest BCUT2D eigenvalue weighted by Crippen LogP contribution is 2.33. The predicted octanol–water partition coefficient (Wildman–Crippen LogP) is 4.77. The Bertz CT molecular complexity index is 895. The average Bonchev–Trinajstić information content (AvgIpc) is 2.54. The molecule has 4 nitrogen and oxygen atoms in total. The molecule has 3 amide bonds. The van der Waals surface area contributed by atoms with Crippen molar-refractivity contribution in [2.24, 2.45) is 0 Å². The van der Waals surface area contributed by atoms with Gasteiger partial charge in [-0.15, -0.1) is 0 Å². The molecule has 2 aromatic carbocycles. The molecule has 1 N–H and O–H groups in total. The summed E-state index contributed by atoms with van der Waals surface area (Å²) in [5.74, 6) is -8.37. The van der Waals surface area contributed by atoms with E-state index in [0.29, 0.717) is 12.1 Å². The first-order chi connectivity index (χ1) is 12.5. The van der Waals surface area contributed by atoms with Gasteiger partial charge in [-0.25, -0.2) is 32.1 Å². The third kappa shape index (κ3) is 4.13. The molecule has 2 aromatic rings. The van der Waals surface area contributed by atoms with Crippen molar-refractivity contribution in [3.05, 3.63) is 64.7 Å². The van der Waals surface area contributed by atoms with Crippen LogP contribution in [0.25, 0.3) is 0 Å². The molecule has 0 fully saturated rings. The van der Waals surface area contributed by atoms with Crippen molar-refractivity contribution in [2.45, 2.75) is 6.18 Å². The summed E-state index contributed by atoms with van der Waals surface area (Å²) in [5.41, 5.74) is -3.97. The van der Waals surface area contributed by atoms with Crippen LogP contribution >= 0.6 is 11.8 Å². The quantitative estimate of drug-likeness (QED) is 0.568. The molecule has 0 saturated carbocycles. The van der Waals surface area contributed by atoms with Gasteiger partial charge in [0.1, 0.15) is 28.8 Å². The fraction of sp³-hybridized carbons (Fsp3) is 0.0667. The third-order valence-corrected chi connectivity index (χ3v) is 3.39. The molecule has 0 bridgehead atoms. The van der Waals surface area contributed by atoms with E-state index in [2.05, 4.69) is 0 Å². The van der Waals surface area contributed by atoms with Crippen LogP contribution in [0.1, 0.15) is 15.9 Å². The molecule has 0 unspecified atom stereocenters. The maximum atomic E-state index is 14.1. The second-order valence-electron chi connectivity index (χ2n) is 4.95. The Balaban J connectivity index is 2.61. The van der Waals surface area contributed by atoms with Crippen LogP contribution in [-0.4, -0.2) is 11.9 Å². The van der Waals surface area contributed by atoms with Gasteiger partial charge in [0.25, 0.3) is 5.91 Å². The van der Waals surface area contributed by atoms with E-state index < -0.39 is 58.2 Å². The first-order valence-electron chi connectivity index (χ1n) is 6.73. The molecule has 27 heavy (non-hydrogen) atoms. The lowest BCUT2D eigenvalue weighted by Gasteiger charge is -2.21. The highest BCUT2D eigenvalue weighted by atomic mass is 35.5. The molecular formula is C15H6ClF7N2O2. The number of amides is 3. The average molecular weight is 415 g/mol. The van der Waals surface area contributed by atoms with Crippen LogP contribution in [-0.2, 0) is 6.18 Å². The summed E-state index contributed by atoms with van der Waals surface area (Å²) < 4.78 is 92.5. The van der Waals surface area contributed by atoms with Crippen molar-refractivity contribution in [3.63, 3.8) is 0 Å². The minimum absolute atomic E-state index is 0.0332. The van der Waals surface area contributed by atoms with Gasteiger partial charge in [0.15, 0.2) is 0 Å². The Morgan fingerprint density at radius 2 is 1.48 bits per heavy atom. The smallest absolute Gasteiger partial charge is 0.268 e. The molecule has 0 radical (unpaired) electrons. The maximum Gasteiger partial charge on any atom is 0.416 e. The number of benzene rings is 2. The normalized spacial score (nSPS) is 11.3. The summed E-state index contributed by atoms with van der Waals surface area (Å²) in [6.45, 7) is 0. The summed E-state index contributed by atoms with van der Waals surface area (Å²) in [6.07, 6.45) is -4.93. The van der Waals surface area contributed by atoms with Crippen LogP contribution in [0, 0.1) is 23.3 Å². The zero-order valence-electron chi connectivity index (χ0n) is 12.7. The van der Waals surface area contributed by atoms with Gasteiger partial charge in [-0.05, 0) is 18.2 Å². The topological polar surface area (TPSA) is 49.4 Å². The second kappa shape index (κ2) is 7.43. The van der Waals surface area contributed by atoms with Crippen LogP contribution in [0.3, 0.4) is 0 Å². The van der Waals surface area contributed by atoms with Gasteiger partial charge in [0.2, 0.25) is 0 Å². The standard InChI is InChI=1S/C15H6ClF7N2O2/c16-24-14(27)25(11-2-1-6(3-8(11)18)15(21,22)23)13(26)12-9(19)4-7(17)5-10(12)20/h1-5H,(H,24,27). The highest BCUT2D eigenvalue weighted by molar-refractivity contribution is 6.29. The molecular weight excluding hydrogens is 409 g/mol. The van der Waals surface area contributed by atoms with E-state index in [-0.39, 0.29) is 23.1 Å². The summed E-state index contributed by atoms with van der Waals surface area (Å²) in [4.78, 5) is 25.3. The lowest BCUT2D eigenvalue weighted by Crippen LogP contribution is -2.42. The lowest BCUT2D eigenvalue weighted by molar-refractivity contribution is -0.137. The summed E-state index contributed by atoms with van der Waals surface area (Å²) in [7, 11) is 0. The van der Waals surface area contributed by atoms with Crippen molar-refractivity contribution in [1.29, 1.82) is 0 Å². The number of hydrogen-bond acceptors (Lipinski definition) is 2. The van der Waals surface area contributed by atoms with Crippen LogP contribution in [0.15, 0.2) is 30.3 Å². The first-order valence-corrected chi connectivity index (χ1v) is 7.11. The van der Waals surface area contributed by atoms with Gasteiger partial charge in [-0.2, -0.15) is 13.2 Å². The van der Waals surface area contributed by atoms with E-state index in [1.165, 1.54) is 4.84 Å². The number of hydrogen-bond donors (Lipinski definition) is 1. The summed E-state index contributed by atoms with van der Waals surface area (Å²) >= 11 is 5.05. The van der Waals surface area contributed by atoms with Crippen molar-refractivity contribution >= 4 is 29.4 Å².